The minimum absolute atomic E-state index is 0.0637. The number of hydrogen-bond donors (Lipinski definition) is 7. The van der Waals surface area contributed by atoms with Crippen LogP contribution in [-0.4, -0.2) is 117 Å². The van der Waals surface area contributed by atoms with Gasteiger partial charge in [-0.05, 0) is 0 Å². The standard InChI is InChI=1S/C16H28O11/c1-2-3-24-15-8(20)4-7(19)14(10(6-18)26-15)27-16-13(23)12(22)11(21)9(5-17)25-16/h2,7-23H,1,3-6H2/t7?,8?,9?,10?,11-,12?,13?,14-,15+,16-/m0/s1. The van der Waals surface area contributed by atoms with Gasteiger partial charge in [0.2, 0.25) is 0 Å². The first-order valence-corrected chi connectivity index (χ1v) is 8.64. The van der Waals surface area contributed by atoms with Crippen LogP contribution in [0.1, 0.15) is 6.42 Å². The minimum Gasteiger partial charge on any atom is -0.394 e. The van der Waals surface area contributed by atoms with Crippen molar-refractivity contribution in [1.29, 1.82) is 0 Å². The quantitative estimate of drug-likeness (QED) is 0.210. The lowest BCUT2D eigenvalue weighted by Gasteiger charge is -2.42. The Bertz CT molecular complexity index is 462. The number of aliphatic hydroxyl groups excluding tert-OH is 7. The van der Waals surface area contributed by atoms with Crippen molar-refractivity contribution in [2.45, 2.75) is 67.8 Å². The van der Waals surface area contributed by atoms with E-state index >= 15 is 0 Å². The van der Waals surface area contributed by atoms with Gasteiger partial charge in [0.05, 0.1) is 25.9 Å². The monoisotopic (exact) mass is 396 g/mol. The third-order valence-electron chi connectivity index (χ3n) is 4.55. The lowest BCUT2D eigenvalue weighted by atomic mass is 9.98. The summed E-state index contributed by atoms with van der Waals surface area (Å²) < 4.78 is 21.5. The van der Waals surface area contributed by atoms with Crippen LogP contribution in [0.2, 0.25) is 0 Å². The lowest BCUT2D eigenvalue weighted by molar-refractivity contribution is -0.328. The Morgan fingerprint density at radius 2 is 1.48 bits per heavy atom. The smallest absolute Gasteiger partial charge is 0.187 e. The zero-order valence-corrected chi connectivity index (χ0v) is 14.6. The highest BCUT2D eigenvalue weighted by molar-refractivity contribution is 4.92. The summed E-state index contributed by atoms with van der Waals surface area (Å²) in [5.74, 6) is 0. The van der Waals surface area contributed by atoms with Gasteiger partial charge in [-0.1, -0.05) is 6.08 Å². The number of aliphatic hydroxyl groups is 7. The Hall–Kier alpha value is -0.700. The van der Waals surface area contributed by atoms with Crippen LogP contribution in [0.25, 0.3) is 0 Å². The molecule has 2 rings (SSSR count). The van der Waals surface area contributed by atoms with E-state index in [1.807, 2.05) is 0 Å². The zero-order valence-electron chi connectivity index (χ0n) is 14.6. The average molecular weight is 396 g/mol. The summed E-state index contributed by atoms with van der Waals surface area (Å²) in [6, 6.07) is 0. The van der Waals surface area contributed by atoms with Gasteiger partial charge in [0.25, 0.3) is 0 Å². The molecule has 0 aromatic heterocycles. The number of rotatable bonds is 7. The highest BCUT2D eigenvalue weighted by Crippen LogP contribution is 2.28. The van der Waals surface area contributed by atoms with Crippen LogP contribution in [0.15, 0.2) is 12.7 Å². The third kappa shape index (κ3) is 5.22. The van der Waals surface area contributed by atoms with Crippen LogP contribution in [0.4, 0.5) is 0 Å². The summed E-state index contributed by atoms with van der Waals surface area (Å²) in [5, 5.41) is 69.1. The van der Waals surface area contributed by atoms with Gasteiger partial charge in [0.1, 0.15) is 42.7 Å². The maximum absolute atomic E-state index is 10.4. The first-order valence-electron chi connectivity index (χ1n) is 8.64. The second-order valence-electron chi connectivity index (χ2n) is 6.52. The van der Waals surface area contributed by atoms with Gasteiger partial charge in [-0.25, -0.2) is 0 Å². The Kier molecular flexibility index (Phi) is 8.52. The van der Waals surface area contributed by atoms with Gasteiger partial charge in [-0.2, -0.15) is 0 Å². The molecule has 6 unspecified atom stereocenters. The van der Waals surface area contributed by atoms with Crippen LogP contribution in [0.3, 0.4) is 0 Å². The average Bonchev–Trinajstić information content (AvgIpc) is 2.76. The molecule has 27 heavy (non-hydrogen) atoms. The van der Waals surface area contributed by atoms with E-state index in [9.17, 15) is 35.7 Å². The fraction of sp³-hybridized carbons (Fsp3) is 0.875. The van der Waals surface area contributed by atoms with E-state index in [-0.39, 0.29) is 13.0 Å². The molecule has 0 radical (unpaired) electrons. The molecule has 0 bridgehead atoms. The molecule has 7 N–H and O–H groups in total. The molecule has 2 fully saturated rings. The molecule has 0 aromatic carbocycles. The maximum Gasteiger partial charge on any atom is 0.187 e. The van der Waals surface area contributed by atoms with Crippen LogP contribution >= 0.6 is 0 Å². The molecule has 0 spiro atoms. The van der Waals surface area contributed by atoms with E-state index in [1.54, 1.807) is 0 Å². The molecule has 10 atom stereocenters. The highest BCUT2D eigenvalue weighted by Gasteiger charge is 2.48. The van der Waals surface area contributed by atoms with Gasteiger partial charge >= 0.3 is 0 Å². The molecular formula is C16H28O11. The molecule has 2 aliphatic heterocycles. The summed E-state index contributed by atoms with van der Waals surface area (Å²) in [7, 11) is 0. The van der Waals surface area contributed by atoms with Gasteiger partial charge in [-0.15, -0.1) is 6.58 Å². The minimum atomic E-state index is -1.68. The second kappa shape index (κ2) is 10.2. The molecule has 0 aromatic rings. The third-order valence-corrected chi connectivity index (χ3v) is 4.55. The van der Waals surface area contributed by atoms with Crippen molar-refractivity contribution < 1.29 is 54.7 Å². The van der Waals surface area contributed by atoms with Crippen molar-refractivity contribution >= 4 is 0 Å². The fourth-order valence-electron chi connectivity index (χ4n) is 3.05. The van der Waals surface area contributed by atoms with E-state index in [0.717, 1.165) is 0 Å². The Balaban J connectivity index is 2.13. The van der Waals surface area contributed by atoms with Gasteiger partial charge < -0.3 is 54.7 Å². The van der Waals surface area contributed by atoms with E-state index in [1.165, 1.54) is 6.08 Å². The van der Waals surface area contributed by atoms with Gasteiger partial charge in [0, 0.05) is 6.42 Å². The lowest BCUT2D eigenvalue weighted by Crippen LogP contribution is -2.61. The summed E-state index contributed by atoms with van der Waals surface area (Å²) >= 11 is 0. The van der Waals surface area contributed by atoms with Gasteiger partial charge in [0.15, 0.2) is 12.6 Å². The van der Waals surface area contributed by atoms with Crippen molar-refractivity contribution in [3.05, 3.63) is 12.7 Å². The summed E-state index contributed by atoms with van der Waals surface area (Å²) in [4.78, 5) is 0. The normalized spacial score (nSPS) is 46.0. The van der Waals surface area contributed by atoms with Crippen LogP contribution in [-0.2, 0) is 18.9 Å². The largest absolute Gasteiger partial charge is 0.394 e. The van der Waals surface area contributed by atoms with E-state index in [4.69, 9.17) is 18.9 Å². The van der Waals surface area contributed by atoms with Crippen LogP contribution in [0, 0.1) is 0 Å². The van der Waals surface area contributed by atoms with Gasteiger partial charge in [-0.3, -0.25) is 0 Å². The molecule has 2 heterocycles. The molecule has 0 saturated carbocycles. The fourth-order valence-corrected chi connectivity index (χ4v) is 3.05. The molecule has 11 heteroatoms. The SMILES string of the molecule is C=CCO[C@@H]1OC(CO)[C@@H](O[C@@H]2OC(CO)[C@H](O)C(O)C2O)C(O)CC1O. The van der Waals surface area contributed by atoms with Crippen molar-refractivity contribution in [2.75, 3.05) is 19.8 Å². The first-order chi connectivity index (χ1) is 12.8. The van der Waals surface area contributed by atoms with Crippen LogP contribution < -0.4 is 0 Å². The molecule has 0 aliphatic carbocycles. The number of ether oxygens (including phenoxy) is 4. The molecule has 11 nitrogen and oxygen atoms in total. The maximum atomic E-state index is 10.4. The molecular weight excluding hydrogens is 368 g/mol. The molecule has 2 aliphatic rings. The summed E-state index contributed by atoms with van der Waals surface area (Å²) in [5.41, 5.74) is 0. The first kappa shape index (κ1) is 22.6. The summed E-state index contributed by atoms with van der Waals surface area (Å²) in [6.45, 7) is 2.29. The van der Waals surface area contributed by atoms with Crippen molar-refractivity contribution in [3.8, 4) is 0 Å². The predicted molar refractivity (Wildman–Crippen MR) is 87.2 cm³/mol. The molecule has 2 saturated heterocycles. The van der Waals surface area contributed by atoms with E-state index in [0.29, 0.717) is 0 Å². The molecule has 158 valence electrons. The summed E-state index contributed by atoms with van der Waals surface area (Å²) in [6.07, 6.45) is -12.5. The molecule has 0 amide bonds. The zero-order chi connectivity index (χ0) is 20.1. The van der Waals surface area contributed by atoms with Crippen molar-refractivity contribution in [3.63, 3.8) is 0 Å². The van der Waals surface area contributed by atoms with Crippen molar-refractivity contribution in [1.82, 2.24) is 0 Å². The Morgan fingerprint density at radius 1 is 0.852 bits per heavy atom. The van der Waals surface area contributed by atoms with Crippen LogP contribution in [0.5, 0.6) is 0 Å². The Labute approximate surface area is 156 Å². The number of hydrogen-bond acceptors (Lipinski definition) is 11. The van der Waals surface area contributed by atoms with Crippen molar-refractivity contribution in [2.24, 2.45) is 0 Å². The Morgan fingerprint density at radius 3 is 2.07 bits per heavy atom. The topological polar surface area (TPSA) is 179 Å². The van der Waals surface area contributed by atoms with E-state index in [2.05, 4.69) is 6.58 Å². The predicted octanol–water partition coefficient (Wildman–Crippen LogP) is -3.80. The van der Waals surface area contributed by atoms with E-state index < -0.39 is 74.6 Å². The highest BCUT2D eigenvalue weighted by atomic mass is 16.7. The second-order valence-corrected chi connectivity index (χ2v) is 6.52.